The summed E-state index contributed by atoms with van der Waals surface area (Å²) in [5, 5.41) is 17.6. The number of carbonyl (C=O) groups excluding carboxylic acids is 1. The van der Waals surface area contributed by atoms with E-state index in [2.05, 4.69) is 64.0 Å². The van der Waals surface area contributed by atoms with E-state index in [4.69, 9.17) is 11.6 Å². The first kappa shape index (κ1) is 27.2. The number of piperazine rings is 1. The van der Waals surface area contributed by atoms with Gasteiger partial charge in [-0.15, -0.1) is 0 Å². The molecule has 0 spiro atoms. The lowest BCUT2D eigenvalue weighted by molar-refractivity contribution is -0.121. The van der Waals surface area contributed by atoms with Crippen molar-refractivity contribution in [3.63, 3.8) is 0 Å². The van der Waals surface area contributed by atoms with Gasteiger partial charge in [0.05, 0.1) is 33.6 Å². The lowest BCUT2D eigenvalue weighted by Gasteiger charge is -2.26. The standard InChI is InChI=1S/C33H33ClN6O/c1-33(2)29-18-25(9-11-31(29)40(32(33)41)28-10-8-26(20-35)30(34)19-28)23-4-6-24(7-5-23)27-21-37-39(22-27)15-3-14-38-16-12-36-13-17-38/h4-11,18-19,21-22,36H,3,12-17H2,1-2H3. The lowest BCUT2D eigenvalue weighted by Crippen LogP contribution is -2.43. The molecule has 3 aromatic carbocycles. The highest BCUT2D eigenvalue weighted by molar-refractivity contribution is 6.32. The minimum Gasteiger partial charge on any atom is -0.314 e. The van der Waals surface area contributed by atoms with E-state index in [-0.39, 0.29) is 5.91 Å². The van der Waals surface area contributed by atoms with Gasteiger partial charge < -0.3 is 10.2 Å². The molecule has 3 heterocycles. The zero-order valence-corrected chi connectivity index (χ0v) is 24.2. The number of nitrogens with zero attached hydrogens (tertiary/aromatic N) is 5. The molecule has 2 aliphatic heterocycles. The van der Waals surface area contributed by atoms with E-state index in [1.54, 1.807) is 23.1 Å². The Bertz CT molecular complexity index is 1630. The summed E-state index contributed by atoms with van der Waals surface area (Å²) in [5.74, 6) is -0.0225. The molecule has 1 N–H and O–H groups in total. The summed E-state index contributed by atoms with van der Waals surface area (Å²) in [7, 11) is 0. The van der Waals surface area contributed by atoms with Crippen LogP contribution in [0.25, 0.3) is 22.3 Å². The van der Waals surface area contributed by atoms with Gasteiger partial charge in [0.15, 0.2) is 0 Å². The highest BCUT2D eigenvalue weighted by atomic mass is 35.5. The molecule has 7 nitrogen and oxygen atoms in total. The zero-order valence-electron chi connectivity index (χ0n) is 23.4. The molecule has 6 rings (SSSR count). The van der Waals surface area contributed by atoms with Crippen LogP contribution in [-0.2, 0) is 16.8 Å². The van der Waals surface area contributed by atoms with Crippen molar-refractivity contribution in [2.24, 2.45) is 0 Å². The van der Waals surface area contributed by atoms with E-state index in [0.717, 1.165) is 79.2 Å². The monoisotopic (exact) mass is 564 g/mol. The van der Waals surface area contributed by atoms with Crippen LogP contribution in [0, 0.1) is 11.3 Å². The molecule has 1 saturated heterocycles. The number of hydrogen-bond acceptors (Lipinski definition) is 5. The molecule has 41 heavy (non-hydrogen) atoms. The van der Waals surface area contributed by atoms with Crippen molar-refractivity contribution in [2.45, 2.75) is 32.2 Å². The predicted octanol–water partition coefficient (Wildman–Crippen LogP) is 5.99. The van der Waals surface area contributed by atoms with Crippen molar-refractivity contribution in [1.82, 2.24) is 20.0 Å². The van der Waals surface area contributed by atoms with Crippen LogP contribution in [0.5, 0.6) is 0 Å². The summed E-state index contributed by atoms with van der Waals surface area (Å²) in [5.41, 5.74) is 6.52. The molecule has 0 unspecified atom stereocenters. The van der Waals surface area contributed by atoms with Crippen molar-refractivity contribution in [3.8, 4) is 28.3 Å². The Morgan fingerprint density at radius 3 is 2.37 bits per heavy atom. The minimum absolute atomic E-state index is 0.0225. The molecule has 0 bridgehead atoms. The molecule has 1 amide bonds. The Balaban J connectivity index is 1.19. The van der Waals surface area contributed by atoms with Gasteiger partial charge in [0.1, 0.15) is 6.07 Å². The zero-order chi connectivity index (χ0) is 28.6. The second-order valence-corrected chi connectivity index (χ2v) is 11.7. The van der Waals surface area contributed by atoms with E-state index in [1.165, 1.54) is 0 Å². The molecule has 0 saturated carbocycles. The number of anilines is 2. The van der Waals surface area contributed by atoms with Crippen molar-refractivity contribution in [2.75, 3.05) is 37.6 Å². The highest BCUT2D eigenvalue weighted by Crippen LogP contribution is 2.47. The Morgan fingerprint density at radius 2 is 1.66 bits per heavy atom. The van der Waals surface area contributed by atoms with E-state index in [9.17, 15) is 10.1 Å². The summed E-state index contributed by atoms with van der Waals surface area (Å²) >= 11 is 6.30. The van der Waals surface area contributed by atoms with Gasteiger partial charge in [-0.1, -0.05) is 41.9 Å². The van der Waals surface area contributed by atoms with Crippen LogP contribution >= 0.6 is 11.6 Å². The van der Waals surface area contributed by atoms with Gasteiger partial charge in [0.2, 0.25) is 5.91 Å². The van der Waals surface area contributed by atoms with E-state index in [0.29, 0.717) is 16.3 Å². The normalized spacial score (nSPS) is 16.5. The Morgan fingerprint density at radius 1 is 0.951 bits per heavy atom. The van der Waals surface area contributed by atoms with Crippen LogP contribution in [0.4, 0.5) is 11.4 Å². The molecule has 4 aromatic rings. The predicted molar refractivity (Wildman–Crippen MR) is 163 cm³/mol. The molecule has 1 fully saturated rings. The molecule has 0 radical (unpaired) electrons. The van der Waals surface area contributed by atoms with Crippen molar-refractivity contribution in [1.29, 1.82) is 5.26 Å². The smallest absolute Gasteiger partial charge is 0.241 e. The third-order valence-corrected chi connectivity index (χ3v) is 8.55. The average Bonchev–Trinajstić information content (AvgIpc) is 3.54. The second kappa shape index (κ2) is 11.1. The fourth-order valence-corrected chi connectivity index (χ4v) is 6.00. The van der Waals surface area contributed by atoms with Gasteiger partial charge in [-0.2, -0.15) is 10.4 Å². The van der Waals surface area contributed by atoms with Crippen LogP contribution in [-0.4, -0.2) is 53.3 Å². The first-order chi connectivity index (χ1) is 19.8. The number of nitrogens with one attached hydrogen (secondary N) is 1. The fourth-order valence-electron chi connectivity index (χ4n) is 5.79. The summed E-state index contributed by atoms with van der Waals surface area (Å²) in [6, 6.07) is 21.9. The molecule has 0 aliphatic carbocycles. The van der Waals surface area contributed by atoms with Gasteiger partial charge in [-0.25, -0.2) is 0 Å². The third-order valence-electron chi connectivity index (χ3n) is 8.24. The molecule has 1 aromatic heterocycles. The molecular formula is C33H33ClN6O. The first-order valence-corrected chi connectivity index (χ1v) is 14.5. The Hall–Kier alpha value is -3.96. The minimum atomic E-state index is -0.703. The van der Waals surface area contributed by atoms with E-state index >= 15 is 0 Å². The quantitative estimate of drug-likeness (QED) is 0.298. The third kappa shape index (κ3) is 5.27. The molecule has 2 aliphatic rings. The maximum atomic E-state index is 13.6. The second-order valence-electron chi connectivity index (χ2n) is 11.3. The number of amides is 1. The summed E-state index contributed by atoms with van der Waals surface area (Å²) in [4.78, 5) is 17.8. The highest BCUT2D eigenvalue weighted by Gasteiger charge is 2.44. The van der Waals surface area contributed by atoms with Crippen LogP contribution in [0.2, 0.25) is 5.02 Å². The van der Waals surface area contributed by atoms with Crippen LogP contribution in [0.15, 0.2) is 73.1 Å². The van der Waals surface area contributed by atoms with E-state index in [1.807, 2.05) is 30.8 Å². The first-order valence-electron chi connectivity index (χ1n) is 14.1. The average molecular weight is 565 g/mol. The van der Waals surface area contributed by atoms with Crippen LogP contribution in [0.1, 0.15) is 31.4 Å². The number of halogens is 1. The van der Waals surface area contributed by atoms with Crippen LogP contribution < -0.4 is 10.2 Å². The van der Waals surface area contributed by atoms with Gasteiger partial charge in [-0.05, 0) is 79.4 Å². The Kier molecular flexibility index (Phi) is 7.39. The number of aryl methyl sites for hydroxylation is 1. The molecule has 8 heteroatoms. The van der Waals surface area contributed by atoms with Gasteiger partial charge in [0, 0.05) is 44.5 Å². The number of benzene rings is 3. The van der Waals surface area contributed by atoms with Crippen LogP contribution in [0.3, 0.4) is 0 Å². The number of hydrogen-bond donors (Lipinski definition) is 1. The SMILES string of the molecule is CC1(C)C(=O)N(c2ccc(C#N)c(Cl)c2)c2ccc(-c3ccc(-c4cnn(CCCN5CCNCC5)c4)cc3)cc21. The fraction of sp³-hybridized carbons (Fsp3) is 0.303. The number of aromatic nitrogens is 2. The van der Waals surface area contributed by atoms with Gasteiger partial charge in [0.25, 0.3) is 0 Å². The van der Waals surface area contributed by atoms with E-state index < -0.39 is 5.41 Å². The summed E-state index contributed by atoms with van der Waals surface area (Å²) < 4.78 is 2.04. The largest absolute Gasteiger partial charge is 0.314 e. The van der Waals surface area contributed by atoms with Gasteiger partial charge in [-0.3, -0.25) is 14.4 Å². The number of fused-ring (bicyclic) bond motifs is 1. The lowest BCUT2D eigenvalue weighted by atomic mass is 9.84. The number of rotatable bonds is 7. The number of carbonyl (C=O) groups is 1. The van der Waals surface area contributed by atoms with Crippen molar-refractivity contribution in [3.05, 3.63) is 89.2 Å². The molecule has 0 atom stereocenters. The summed E-state index contributed by atoms with van der Waals surface area (Å²) in [6.07, 6.45) is 5.15. The van der Waals surface area contributed by atoms with Crippen molar-refractivity contribution < 1.29 is 4.79 Å². The molecular weight excluding hydrogens is 532 g/mol. The Labute approximate surface area is 246 Å². The molecule has 208 valence electrons. The van der Waals surface area contributed by atoms with Gasteiger partial charge >= 0.3 is 0 Å². The number of nitriles is 1. The topological polar surface area (TPSA) is 77.2 Å². The maximum absolute atomic E-state index is 13.6. The maximum Gasteiger partial charge on any atom is 0.241 e. The van der Waals surface area contributed by atoms with Crippen molar-refractivity contribution >= 4 is 28.9 Å². The summed E-state index contributed by atoms with van der Waals surface area (Å²) in [6.45, 7) is 10.3.